The molecule has 0 saturated carbocycles. The number of benzene rings is 1. The Labute approximate surface area is 127 Å². The van der Waals surface area contributed by atoms with Crippen LogP contribution in [0.2, 0.25) is 0 Å². The van der Waals surface area contributed by atoms with Gasteiger partial charge in [0.25, 0.3) is 0 Å². The van der Waals surface area contributed by atoms with Gasteiger partial charge in [-0.1, -0.05) is 69.5 Å². The monoisotopic (exact) mass is 291 g/mol. The third-order valence-electron chi connectivity index (χ3n) is 3.36. The van der Waals surface area contributed by atoms with Crippen LogP contribution in [0.3, 0.4) is 0 Å². The summed E-state index contributed by atoms with van der Waals surface area (Å²) >= 11 is 11.3. The van der Waals surface area contributed by atoms with Crippen molar-refractivity contribution in [1.29, 1.82) is 0 Å². The summed E-state index contributed by atoms with van der Waals surface area (Å²) < 4.78 is 0. The highest BCUT2D eigenvalue weighted by Crippen LogP contribution is 2.37. The van der Waals surface area contributed by atoms with Gasteiger partial charge in [0.2, 0.25) is 0 Å². The maximum Gasteiger partial charge on any atom is 0.115 e. The lowest BCUT2D eigenvalue weighted by Crippen LogP contribution is -2.48. The van der Waals surface area contributed by atoms with E-state index in [0.717, 1.165) is 27.5 Å². The second kappa shape index (κ2) is 4.64. The van der Waals surface area contributed by atoms with Crippen molar-refractivity contribution < 1.29 is 0 Å². The molecule has 1 aromatic carbocycles. The molecule has 0 spiro atoms. The molecule has 0 unspecified atom stereocenters. The van der Waals surface area contributed by atoms with Crippen LogP contribution in [0.5, 0.6) is 0 Å². The zero-order valence-corrected chi connectivity index (χ0v) is 13.9. The first-order valence-electron chi connectivity index (χ1n) is 6.61. The molecule has 0 fully saturated rings. The Hall–Kier alpha value is -0.800. The van der Waals surface area contributed by atoms with Gasteiger partial charge in [-0.15, -0.1) is 0 Å². The van der Waals surface area contributed by atoms with Gasteiger partial charge in [-0.25, -0.2) is 0 Å². The summed E-state index contributed by atoms with van der Waals surface area (Å²) in [5.74, 6) is 0. The van der Waals surface area contributed by atoms with Crippen molar-refractivity contribution >= 4 is 34.4 Å². The normalized spacial score (nSPS) is 15.9. The Balaban J connectivity index is 2.39. The molecule has 1 nitrogen and oxygen atoms in total. The summed E-state index contributed by atoms with van der Waals surface area (Å²) in [7, 11) is 0. The highest BCUT2D eigenvalue weighted by atomic mass is 32.1. The zero-order chi connectivity index (χ0) is 14.4. The molecule has 102 valence electrons. The standard InChI is InChI=1S/C16H21NS2/c1-15(2,3)10-16(4,5)17-13(18)11-8-6-7-9-12(11)14(17)19/h6-9H,10H2,1-5H3. The van der Waals surface area contributed by atoms with Crippen molar-refractivity contribution in [1.82, 2.24) is 4.90 Å². The van der Waals surface area contributed by atoms with Gasteiger partial charge in [-0.3, -0.25) is 0 Å². The minimum Gasteiger partial charge on any atom is -0.317 e. The molecular formula is C16H21NS2. The van der Waals surface area contributed by atoms with E-state index in [-0.39, 0.29) is 11.0 Å². The molecule has 3 heteroatoms. The van der Waals surface area contributed by atoms with E-state index in [2.05, 4.69) is 51.7 Å². The molecule has 0 atom stereocenters. The Morgan fingerprint density at radius 2 is 1.32 bits per heavy atom. The van der Waals surface area contributed by atoms with Crippen molar-refractivity contribution in [2.45, 2.75) is 46.6 Å². The third kappa shape index (κ3) is 2.72. The molecule has 2 rings (SSSR count). The van der Waals surface area contributed by atoms with Crippen LogP contribution >= 0.6 is 24.4 Å². The average molecular weight is 291 g/mol. The largest absolute Gasteiger partial charge is 0.317 e. The van der Waals surface area contributed by atoms with E-state index in [1.165, 1.54) is 0 Å². The number of nitrogens with zero attached hydrogens (tertiary/aromatic N) is 1. The molecular weight excluding hydrogens is 270 g/mol. The van der Waals surface area contributed by atoms with Crippen LogP contribution in [0.15, 0.2) is 24.3 Å². The van der Waals surface area contributed by atoms with Gasteiger partial charge in [-0.05, 0) is 25.7 Å². The van der Waals surface area contributed by atoms with E-state index in [4.69, 9.17) is 24.4 Å². The zero-order valence-electron chi connectivity index (χ0n) is 12.3. The quantitative estimate of drug-likeness (QED) is 0.735. The maximum atomic E-state index is 5.65. The summed E-state index contributed by atoms with van der Waals surface area (Å²) in [5.41, 5.74) is 2.38. The SMILES string of the molecule is CC(C)(C)CC(C)(C)N1C(=S)c2ccccc2C1=S. The number of hydrogen-bond acceptors (Lipinski definition) is 2. The van der Waals surface area contributed by atoms with Crippen LogP contribution in [0, 0.1) is 5.41 Å². The van der Waals surface area contributed by atoms with Crippen molar-refractivity contribution in [3.8, 4) is 0 Å². The molecule has 0 saturated heterocycles. The van der Waals surface area contributed by atoms with Crippen LogP contribution in [0.4, 0.5) is 0 Å². The van der Waals surface area contributed by atoms with E-state index in [1.54, 1.807) is 0 Å². The molecule has 1 heterocycles. The first kappa shape index (κ1) is 14.6. The highest BCUT2D eigenvalue weighted by molar-refractivity contribution is 7.82. The average Bonchev–Trinajstić information content (AvgIpc) is 2.49. The lowest BCUT2D eigenvalue weighted by Gasteiger charge is -2.41. The van der Waals surface area contributed by atoms with Crippen LogP contribution in [0.1, 0.15) is 52.2 Å². The third-order valence-corrected chi connectivity index (χ3v) is 4.17. The highest BCUT2D eigenvalue weighted by Gasteiger charge is 2.40. The first-order valence-corrected chi connectivity index (χ1v) is 7.43. The van der Waals surface area contributed by atoms with E-state index in [9.17, 15) is 0 Å². The summed E-state index contributed by atoms with van der Waals surface area (Å²) in [4.78, 5) is 3.90. The van der Waals surface area contributed by atoms with Gasteiger partial charge in [0.1, 0.15) is 9.98 Å². The van der Waals surface area contributed by atoms with Crippen LogP contribution in [-0.2, 0) is 0 Å². The fraction of sp³-hybridized carbons (Fsp3) is 0.500. The maximum absolute atomic E-state index is 5.65. The second-order valence-corrected chi connectivity index (χ2v) is 7.81. The lowest BCUT2D eigenvalue weighted by atomic mass is 9.81. The molecule has 0 amide bonds. The van der Waals surface area contributed by atoms with Crippen molar-refractivity contribution in [3.63, 3.8) is 0 Å². The van der Waals surface area contributed by atoms with E-state index in [1.807, 2.05) is 12.1 Å². The number of fused-ring (bicyclic) bond motifs is 1. The number of rotatable bonds is 2. The molecule has 0 aliphatic carbocycles. The fourth-order valence-electron chi connectivity index (χ4n) is 3.12. The van der Waals surface area contributed by atoms with Gasteiger partial charge in [0.05, 0.1) is 0 Å². The minimum absolute atomic E-state index is 0.0641. The summed E-state index contributed by atoms with van der Waals surface area (Å²) in [5, 5.41) is 0. The van der Waals surface area contributed by atoms with Gasteiger partial charge in [-0.2, -0.15) is 0 Å². The smallest absolute Gasteiger partial charge is 0.115 e. The second-order valence-electron chi connectivity index (χ2n) is 7.04. The van der Waals surface area contributed by atoms with E-state index >= 15 is 0 Å². The minimum atomic E-state index is -0.0641. The molecule has 0 N–H and O–H groups in total. The first-order chi connectivity index (χ1) is 8.63. The number of hydrogen-bond donors (Lipinski definition) is 0. The predicted octanol–water partition coefficient (Wildman–Crippen LogP) is 4.57. The molecule has 0 aromatic heterocycles. The van der Waals surface area contributed by atoms with Gasteiger partial charge >= 0.3 is 0 Å². The Kier molecular flexibility index (Phi) is 3.56. The van der Waals surface area contributed by atoms with Crippen LogP contribution in [0.25, 0.3) is 0 Å². The van der Waals surface area contributed by atoms with Crippen LogP contribution < -0.4 is 0 Å². The molecule has 0 radical (unpaired) electrons. The molecule has 1 aliphatic heterocycles. The summed E-state index contributed by atoms with van der Waals surface area (Å²) in [6.07, 6.45) is 1.04. The topological polar surface area (TPSA) is 3.24 Å². The number of thiocarbonyl (C=S) groups is 2. The van der Waals surface area contributed by atoms with Crippen molar-refractivity contribution in [3.05, 3.63) is 35.4 Å². The Morgan fingerprint density at radius 1 is 0.895 bits per heavy atom. The molecule has 0 bridgehead atoms. The lowest BCUT2D eigenvalue weighted by molar-refractivity contribution is 0.204. The van der Waals surface area contributed by atoms with Crippen LogP contribution in [-0.4, -0.2) is 20.4 Å². The van der Waals surface area contributed by atoms with Crippen molar-refractivity contribution in [2.24, 2.45) is 5.41 Å². The van der Waals surface area contributed by atoms with Gasteiger partial charge in [0, 0.05) is 16.7 Å². The molecule has 19 heavy (non-hydrogen) atoms. The Bertz CT molecular complexity index is 503. The van der Waals surface area contributed by atoms with Crippen molar-refractivity contribution in [2.75, 3.05) is 0 Å². The summed E-state index contributed by atoms with van der Waals surface area (Å²) in [6, 6.07) is 8.18. The molecule has 1 aliphatic rings. The van der Waals surface area contributed by atoms with Gasteiger partial charge in [0.15, 0.2) is 0 Å². The van der Waals surface area contributed by atoms with Gasteiger partial charge < -0.3 is 4.90 Å². The van der Waals surface area contributed by atoms with E-state index in [0.29, 0.717) is 0 Å². The predicted molar refractivity (Wildman–Crippen MR) is 89.8 cm³/mol. The fourth-order valence-corrected chi connectivity index (χ4v) is 4.21. The van der Waals surface area contributed by atoms with E-state index < -0.39 is 0 Å². The Morgan fingerprint density at radius 3 is 1.68 bits per heavy atom. The molecule has 1 aromatic rings. The summed E-state index contributed by atoms with van der Waals surface area (Å²) in [6.45, 7) is 11.2.